The Morgan fingerprint density at radius 3 is 1.27 bits per heavy atom. The summed E-state index contributed by atoms with van der Waals surface area (Å²) >= 11 is 0. The quantitative estimate of drug-likeness (QED) is 0.0197. The molecule has 330 valence electrons. The molecule has 1 aromatic rings. The predicted octanol–water partition coefficient (Wildman–Crippen LogP) is -4.65. The van der Waals surface area contributed by atoms with E-state index in [4.69, 9.17) is 47.6 Å². The summed E-state index contributed by atoms with van der Waals surface area (Å²) in [4.78, 5) is 75.7. The van der Waals surface area contributed by atoms with Gasteiger partial charge in [-0.25, -0.2) is 0 Å². The molecule has 1 rings (SSSR count). The van der Waals surface area contributed by atoms with Crippen LogP contribution in [0, 0.1) is 23.2 Å². The molecule has 6 amide bonds. The van der Waals surface area contributed by atoms with Crippen molar-refractivity contribution in [1.29, 1.82) is 16.2 Å². The summed E-state index contributed by atoms with van der Waals surface area (Å²) in [5, 5.41) is 45.3. The monoisotopic (exact) mass is 835 g/mol. The van der Waals surface area contributed by atoms with Gasteiger partial charge < -0.3 is 79.3 Å². The van der Waals surface area contributed by atoms with Gasteiger partial charge in [-0.15, -0.1) is 0 Å². The maximum atomic E-state index is 13.5. The number of nitrogens with two attached hydrogens (primary N) is 3. The van der Waals surface area contributed by atoms with Gasteiger partial charge in [0.1, 0.15) is 5.54 Å². The van der Waals surface area contributed by atoms with Gasteiger partial charge in [0, 0.05) is 89.7 Å². The molecule has 0 radical (unpaired) electrons. The molecule has 24 nitrogen and oxygen atoms in total. The van der Waals surface area contributed by atoms with E-state index in [0.717, 1.165) is 0 Å². The van der Waals surface area contributed by atoms with E-state index in [1.807, 2.05) is 0 Å². The van der Waals surface area contributed by atoms with Gasteiger partial charge >= 0.3 is 0 Å². The summed E-state index contributed by atoms with van der Waals surface area (Å²) in [5.41, 5.74) is 15.5. The van der Waals surface area contributed by atoms with Crippen molar-refractivity contribution in [3.63, 3.8) is 0 Å². The van der Waals surface area contributed by atoms with Gasteiger partial charge in [0.2, 0.25) is 23.6 Å². The number of carbonyl (C=O) groups excluding carboxylic acids is 6. The van der Waals surface area contributed by atoms with Crippen LogP contribution in [0.4, 0.5) is 0 Å². The number of aryl methyl sites for hydroxylation is 1. The highest BCUT2D eigenvalue weighted by Gasteiger charge is 2.34. The van der Waals surface area contributed by atoms with Crippen molar-refractivity contribution in [2.45, 2.75) is 38.1 Å². The van der Waals surface area contributed by atoms with Crippen molar-refractivity contribution in [3.05, 3.63) is 34.9 Å². The molecule has 0 saturated heterocycles. The molecule has 0 spiro atoms. The third-order valence-corrected chi connectivity index (χ3v) is 7.71. The molecule has 1 aromatic carbocycles. The number of guanidine groups is 3. The van der Waals surface area contributed by atoms with Crippen LogP contribution in [-0.2, 0) is 33.4 Å². The highest BCUT2D eigenvalue weighted by molar-refractivity contribution is 6.00. The first-order valence-corrected chi connectivity index (χ1v) is 18.8. The Bertz CT molecular complexity index is 1480. The molecule has 0 aliphatic carbocycles. The number of amides is 6. The third-order valence-electron chi connectivity index (χ3n) is 7.71. The Morgan fingerprint density at radius 1 is 0.525 bits per heavy atom. The molecule has 24 heteroatoms. The van der Waals surface area contributed by atoms with E-state index in [2.05, 4.69) is 47.9 Å². The van der Waals surface area contributed by atoms with E-state index >= 15 is 0 Å². The summed E-state index contributed by atoms with van der Waals surface area (Å²) in [6, 6.07) is 4.68. The van der Waals surface area contributed by atoms with E-state index in [9.17, 15) is 28.8 Å². The lowest BCUT2D eigenvalue weighted by atomic mass is 10.0. The molecule has 0 unspecified atom stereocenters. The number of hydrogen-bond acceptors (Lipinski definition) is 12. The molecular weight excluding hydrogens is 774 g/mol. The minimum atomic E-state index is -1.41. The maximum absolute atomic E-state index is 13.5. The minimum Gasteiger partial charge on any atom is -0.378 e. The molecule has 0 fully saturated rings. The molecule has 18 N–H and O–H groups in total. The summed E-state index contributed by atoms with van der Waals surface area (Å²) in [5.74, 6) is -3.16. The van der Waals surface area contributed by atoms with Gasteiger partial charge in [0.25, 0.3) is 11.8 Å². The van der Waals surface area contributed by atoms with Gasteiger partial charge in [-0.3, -0.25) is 45.0 Å². The largest absolute Gasteiger partial charge is 0.378 e. The molecule has 0 heterocycles. The van der Waals surface area contributed by atoms with Crippen LogP contribution in [-0.4, -0.2) is 151 Å². The van der Waals surface area contributed by atoms with Gasteiger partial charge in [0.15, 0.2) is 17.9 Å². The van der Waals surface area contributed by atoms with E-state index in [1.165, 1.54) is 13.1 Å². The van der Waals surface area contributed by atoms with Crippen LogP contribution in [0.3, 0.4) is 0 Å². The lowest BCUT2D eigenvalue weighted by Crippen LogP contribution is -2.59. The summed E-state index contributed by atoms with van der Waals surface area (Å²) < 4.78 is 17.6. The van der Waals surface area contributed by atoms with Crippen LogP contribution in [0.2, 0.25) is 0 Å². The zero-order valence-electron chi connectivity index (χ0n) is 33.7. The van der Waals surface area contributed by atoms with Crippen LogP contribution in [0.25, 0.3) is 0 Å². The molecule has 59 heavy (non-hydrogen) atoms. The number of rotatable bonds is 30. The average molecular weight is 836 g/mol. The van der Waals surface area contributed by atoms with Crippen molar-refractivity contribution in [2.75, 3.05) is 92.5 Å². The van der Waals surface area contributed by atoms with Crippen molar-refractivity contribution < 1.29 is 43.0 Å². The molecule has 0 aliphatic rings. The van der Waals surface area contributed by atoms with Crippen LogP contribution < -0.4 is 65.1 Å². The molecule has 0 saturated carbocycles. The summed E-state index contributed by atoms with van der Waals surface area (Å²) in [7, 11) is 1.48. The third kappa shape index (κ3) is 24.9. The number of benzene rings is 1. The second-order valence-electron chi connectivity index (χ2n) is 13.0. The predicted molar refractivity (Wildman–Crippen MR) is 217 cm³/mol. The first-order chi connectivity index (χ1) is 28.1. The van der Waals surface area contributed by atoms with Gasteiger partial charge in [-0.2, -0.15) is 0 Å². The second kappa shape index (κ2) is 29.0. The molecule has 0 bridgehead atoms. The number of carbonyl (C=O) groups is 6. The smallest absolute Gasteiger partial charge is 0.251 e. The average Bonchev–Trinajstić information content (AvgIpc) is 3.18. The lowest BCUT2D eigenvalue weighted by Gasteiger charge is -2.34. The van der Waals surface area contributed by atoms with Crippen molar-refractivity contribution >= 4 is 53.3 Å². The van der Waals surface area contributed by atoms with Crippen molar-refractivity contribution in [3.8, 4) is 0 Å². The van der Waals surface area contributed by atoms with Crippen LogP contribution >= 0.6 is 0 Å². The lowest BCUT2D eigenvalue weighted by molar-refractivity contribution is -0.130. The fourth-order valence-electron chi connectivity index (χ4n) is 4.93. The molecular formula is C35H61N15O9. The fourth-order valence-corrected chi connectivity index (χ4v) is 4.93. The molecule has 0 aliphatic heterocycles. The number of hydrogen-bond donors (Lipinski definition) is 15. The van der Waals surface area contributed by atoms with E-state index in [0.29, 0.717) is 11.1 Å². The van der Waals surface area contributed by atoms with Gasteiger partial charge in [-0.05, 0) is 30.7 Å². The normalized spacial score (nSPS) is 11.5. The first kappa shape index (κ1) is 50.7. The Morgan fingerprint density at radius 2 is 0.898 bits per heavy atom. The number of nitrogens with one attached hydrogen (secondary N) is 12. The minimum absolute atomic E-state index is 0.0598. The van der Waals surface area contributed by atoms with Crippen LogP contribution in [0.15, 0.2) is 18.2 Å². The summed E-state index contributed by atoms with van der Waals surface area (Å²) in [6.07, 6.45) is -0.382. The van der Waals surface area contributed by atoms with Crippen molar-refractivity contribution in [2.24, 2.45) is 17.2 Å². The number of ether oxygens (including phenoxy) is 3. The Labute approximate surface area is 342 Å². The Balaban J connectivity index is 3.07. The zero-order chi connectivity index (χ0) is 44.1. The van der Waals surface area contributed by atoms with Crippen LogP contribution in [0.1, 0.15) is 52.0 Å². The maximum Gasteiger partial charge on any atom is 0.251 e. The van der Waals surface area contributed by atoms with Gasteiger partial charge in [0.05, 0.1) is 39.6 Å². The van der Waals surface area contributed by atoms with E-state index in [-0.39, 0.29) is 158 Å². The second-order valence-corrected chi connectivity index (χ2v) is 13.0. The highest BCUT2D eigenvalue weighted by atomic mass is 16.5. The van der Waals surface area contributed by atoms with E-state index < -0.39 is 17.4 Å². The van der Waals surface area contributed by atoms with Crippen molar-refractivity contribution in [1.82, 2.24) is 47.9 Å². The molecule has 0 atom stereocenters. The Kier molecular flexibility index (Phi) is 25.0. The Hall–Kier alpha value is -6.27. The zero-order valence-corrected chi connectivity index (χ0v) is 33.7. The first-order valence-electron chi connectivity index (χ1n) is 18.8. The summed E-state index contributed by atoms with van der Waals surface area (Å²) in [6.45, 7) is 2.05. The van der Waals surface area contributed by atoms with Crippen LogP contribution in [0.5, 0.6) is 0 Å². The molecule has 0 aromatic heterocycles. The standard InChI is InChI=1S/C35H61N15O9/c1-23-17-24(30(55)42-2)19-25(18-23)31(56)46-7-3-29(54)50-35(20-57-14-4-26(51)43-8-11-47-32(36)37,21-58-15-5-27(52)44-9-12-48-33(38)39)22-59-16-6-28(53)45-10-13-49-34(40)41/h17-19H,3-16,20-22H2,1-2H3,(H,42,55)(H,43,51)(H,44,52)(H,45,53)(H,46,56)(H,50,54)(H4,36,37,47)(H4,38,39,48)(H4,40,41,49). The highest BCUT2D eigenvalue weighted by Crippen LogP contribution is 2.12. The van der Waals surface area contributed by atoms with Gasteiger partial charge in [-0.1, -0.05) is 0 Å². The SMILES string of the molecule is CNC(=O)c1cc(C)cc(C(=O)NCCC(=O)NC(COCCC(=O)NCCNC(=N)N)(COCCC(=O)NCCNC(=N)N)COCCC(=O)NCCNC(=N)N)c1. The van der Waals surface area contributed by atoms with E-state index in [1.54, 1.807) is 19.1 Å². The topological polar surface area (TPSA) is 388 Å². The fraction of sp³-hybridized carbons (Fsp3) is 0.571.